The Bertz CT molecular complexity index is 219. The van der Waals surface area contributed by atoms with Crippen LogP contribution in [0.15, 0.2) is 11.1 Å². The summed E-state index contributed by atoms with van der Waals surface area (Å²) in [4.78, 5) is 0. The van der Waals surface area contributed by atoms with Gasteiger partial charge in [-0.1, -0.05) is 49.4 Å². The number of allylic oxidation sites excluding steroid dienone is 2. The molecule has 0 aromatic carbocycles. The highest BCUT2D eigenvalue weighted by Gasteiger charge is 2.28. The molecule has 0 fully saturated rings. The molecule has 0 heterocycles. The van der Waals surface area contributed by atoms with Gasteiger partial charge in [-0.2, -0.15) is 0 Å². The molecule has 0 aromatic rings. The van der Waals surface area contributed by atoms with Crippen LogP contribution in [0.2, 0.25) is 0 Å². The summed E-state index contributed by atoms with van der Waals surface area (Å²) < 4.78 is 0. The van der Waals surface area contributed by atoms with Gasteiger partial charge in [-0.25, -0.2) is 0 Å². The van der Waals surface area contributed by atoms with Gasteiger partial charge < -0.3 is 0 Å². The van der Waals surface area contributed by atoms with E-state index in [1.54, 1.807) is 11.1 Å². The average Bonchev–Trinajstić information content (AvgIpc) is 1.96. The van der Waals surface area contributed by atoms with E-state index in [4.69, 9.17) is 0 Å². The average molecular weight is 281 g/mol. The third-order valence-electron chi connectivity index (χ3n) is 2.99. The summed E-state index contributed by atoms with van der Waals surface area (Å²) in [6.45, 7) is 7.09. The predicted molar refractivity (Wildman–Crippen MR) is 70.8 cm³/mol. The van der Waals surface area contributed by atoms with Crippen LogP contribution < -0.4 is 0 Å². The Kier molecular flexibility index (Phi) is 4.42. The molecule has 0 amide bonds. The van der Waals surface area contributed by atoms with Gasteiger partial charge in [0, 0.05) is 6.16 Å². The maximum atomic E-state index is 3.68. The van der Waals surface area contributed by atoms with Gasteiger partial charge in [0.2, 0.25) is 0 Å². The Morgan fingerprint density at radius 1 is 1.54 bits per heavy atom. The van der Waals surface area contributed by atoms with Gasteiger partial charge in [-0.3, -0.25) is 0 Å². The lowest BCUT2D eigenvalue weighted by Gasteiger charge is -2.35. The van der Waals surface area contributed by atoms with Crippen LogP contribution in [0.4, 0.5) is 0 Å². The van der Waals surface area contributed by atoms with Crippen LogP contribution in [0.25, 0.3) is 0 Å². The van der Waals surface area contributed by atoms with Gasteiger partial charge in [0.25, 0.3) is 0 Å². The number of halogens is 1. The smallest absolute Gasteiger partial charge is 0.00260 e. The molecule has 0 radical (unpaired) electrons. The third kappa shape index (κ3) is 3.29. The van der Waals surface area contributed by atoms with Crippen molar-refractivity contribution in [2.75, 3.05) is 6.16 Å². The van der Waals surface area contributed by atoms with E-state index in [0.29, 0.717) is 5.41 Å². The summed E-state index contributed by atoms with van der Waals surface area (Å²) in [6, 6.07) is 0. The van der Waals surface area contributed by atoms with Crippen LogP contribution in [0.5, 0.6) is 0 Å². The van der Waals surface area contributed by atoms with Crippen LogP contribution in [-0.4, -0.2) is 6.16 Å². The first kappa shape index (κ1) is 12.2. The summed E-state index contributed by atoms with van der Waals surface area (Å²) in [5.74, 6) is 0. The topological polar surface area (TPSA) is 0 Å². The van der Waals surface area contributed by atoms with Gasteiger partial charge in [0.05, 0.1) is 0 Å². The molecule has 0 nitrogen and oxygen atoms in total. The van der Waals surface area contributed by atoms with E-state index in [1.807, 2.05) is 0 Å². The van der Waals surface area contributed by atoms with Crippen molar-refractivity contribution < 1.29 is 0 Å². The molecule has 0 N–H and O–H groups in total. The minimum atomic E-state index is -0.0371. The van der Waals surface area contributed by atoms with Gasteiger partial charge in [-0.15, -0.1) is 0 Å². The lowest BCUT2D eigenvalue weighted by atomic mass is 9.73. The van der Waals surface area contributed by atoms with Crippen molar-refractivity contribution in [1.82, 2.24) is 0 Å². The fraction of sp³-hybridized carbons (Fsp3) is 0.800. The van der Waals surface area contributed by atoms with Gasteiger partial charge >= 0.3 is 0 Å². The van der Waals surface area contributed by atoms with E-state index in [1.165, 1.54) is 25.4 Å². The van der Waals surface area contributed by atoms with E-state index >= 15 is 0 Å². The fourth-order valence-corrected chi connectivity index (χ4v) is 4.48. The molecule has 3 heteroatoms. The molecule has 0 aromatic heterocycles. The third-order valence-corrected chi connectivity index (χ3v) is 4.91. The van der Waals surface area contributed by atoms with Crippen molar-refractivity contribution in [2.45, 2.75) is 40.0 Å². The fourth-order valence-electron chi connectivity index (χ4n) is 2.17. The monoisotopic (exact) mass is 280 g/mol. The molecule has 0 saturated heterocycles. The van der Waals surface area contributed by atoms with E-state index < -0.39 is 0 Å². The lowest BCUT2D eigenvalue weighted by Crippen LogP contribution is -2.21. The summed E-state index contributed by atoms with van der Waals surface area (Å²) >= 11 is 3.68. The number of rotatable bonds is 2. The van der Waals surface area contributed by atoms with E-state index in [9.17, 15) is 0 Å². The van der Waals surface area contributed by atoms with E-state index in [0.717, 1.165) is 0 Å². The molecule has 0 aliphatic heterocycles. The Hall–Kier alpha value is 1.08. The summed E-state index contributed by atoms with van der Waals surface area (Å²) in [5.41, 5.74) is 3.80. The maximum absolute atomic E-state index is 3.68. The van der Waals surface area contributed by atoms with Crippen LogP contribution in [0, 0.1) is 5.41 Å². The molecule has 0 spiro atoms. The van der Waals surface area contributed by atoms with Gasteiger partial charge in [0.15, 0.2) is 0 Å². The second-order valence-electron chi connectivity index (χ2n) is 4.55. The number of hydrogen-bond donors (Lipinski definition) is 0. The van der Waals surface area contributed by atoms with Gasteiger partial charge in [-0.05, 0) is 37.9 Å². The van der Waals surface area contributed by atoms with Crippen LogP contribution >= 0.6 is 30.7 Å². The van der Waals surface area contributed by atoms with Crippen molar-refractivity contribution in [2.24, 2.45) is 5.41 Å². The van der Waals surface area contributed by atoms with Crippen LogP contribution in [0.1, 0.15) is 40.0 Å². The molecular formula is C10H19BrP2. The second-order valence-corrected chi connectivity index (χ2v) is 12.5. The van der Waals surface area contributed by atoms with Crippen molar-refractivity contribution in [3.63, 3.8) is 0 Å². The van der Waals surface area contributed by atoms with E-state index in [-0.39, 0.29) is 6.31 Å². The first-order valence-electron chi connectivity index (χ1n) is 4.80. The summed E-state index contributed by atoms with van der Waals surface area (Å²) in [5, 5.41) is 0. The lowest BCUT2D eigenvalue weighted by molar-refractivity contribution is 0.369. The number of hydrogen-bond acceptors (Lipinski definition) is 0. The molecule has 13 heavy (non-hydrogen) atoms. The Morgan fingerprint density at radius 3 is 2.62 bits per heavy atom. The second kappa shape index (κ2) is 4.73. The zero-order valence-electron chi connectivity index (χ0n) is 8.73. The maximum Gasteiger partial charge on any atom is 0.00260 e. The first-order valence-corrected chi connectivity index (χ1v) is 9.97. The highest BCUT2D eigenvalue weighted by Crippen LogP contribution is 2.57. The molecule has 2 unspecified atom stereocenters. The predicted octanol–water partition coefficient (Wildman–Crippen LogP) is 5.09. The zero-order valence-corrected chi connectivity index (χ0v) is 12.4. The minimum absolute atomic E-state index is 0.0371. The molecule has 1 aliphatic carbocycles. The van der Waals surface area contributed by atoms with Crippen molar-refractivity contribution >= 4 is 30.7 Å². The molecule has 0 bridgehead atoms. The Balaban J connectivity index is 2.85. The first-order chi connectivity index (χ1) is 5.93. The van der Waals surface area contributed by atoms with Crippen LogP contribution in [-0.2, 0) is 0 Å². The van der Waals surface area contributed by atoms with Gasteiger partial charge in [0.1, 0.15) is 0 Å². The Morgan fingerprint density at radius 2 is 2.15 bits per heavy atom. The van der Waals surface area contributed by atoms with Crippen LogP contribution in [0.3, 0.4) is 0 Å². The molecule has 1 aliphatic rings. The summed E-state index contributed by atoms with van der Waals surface area (Å²) in [7, 11) is 2.90. The SMILES string of the molecule is CC1=C(CP(P)Br)C(C)(C)CCC1. The molecule has 76 valence electrons. The van der Waals surface area contributed by atoms with Crippen molar-refractivity contribution in [1.29, 1.82) is 0 Å². The highest BCUT2D eigenvalue weighted by atomic mass is 79.9. The standard InChI is InChI=1S/C10H19BrP2/c1-8-5-4-6-10(2,3)9(8)7-13(11)12/h4-7,12H2,1-3H3. The zero-order chi connectivity index (χ0) is 10.1. The minimum Gasteiger partial charge on any atom is -0.0995 e. The summed E-state index contributed by atoms with van der Waals surface area (Å²) in [6.07, 6.45) is 5.27. The molecular weight excluding hydrogens is 262 g/mol. The van der Waals surface area contributed by atoms with Crippen molar-refractivity contribution in [3.8, 4) is 0 Å². The quantitative estimate of drug-likeness (QED) is 0.488. The van der Waals surface area contributed by atoms with E-state index in [2.05, 4.69) is 45.2 Å². The normalized spacial score (nSPS) is 24.7. The molecule has 1 rings (SSSR count). The molecule has 0 saturated carbocycles. The van der Waals surface area contributed by atoms with Crippen molar-refractivity contribution in [3.05, 3.63) is 11.1 Å². The Labute approximate surface area is 93.5 Å². The molecule has 2 atom stereocenters. The largest absolute Gasteiger partial charge is 0.0995 e. The highest BCUT2D eigenvalue weighted by molar-refractivity contribution is 9.44.